The standard InChI is InChI=1S/C29H31FN4O4S/c1-16(2)25(34-13-20-10-21(30)8-9-23(20)28(34)37)29(38)33-14-22(35)11-24(33)27(36)31-12-18-4-6-19(7-5-18)26-17(3)32-15-39-26/h4-10,15-16,22,24-25,35H,11-14H2,1-3H3,(H,31,36)/t22-,24+,25?/m1/s1. The summed E-state index contributed by atoms with van der Waals surface area (Å²) in [6.07, 6.45) is -0.731. The van der Waals surface area contributed by atoms with Gasteiger partial charge in [0.2, 0.25) is 11.8 Å². The number of aliphatic hydroxyl groups excluding tert-OH is 1. The Morgan fingerprint density at radius 3 is 2.62 bits per heavy atom. The molecule has 0 radical (unpaired) electrons. The highest BCUT2D eigenvalue weighted by Crippen LogP contribution is 2.31. The summed E-state index contributed by atoms with van der Waals surface area (Å²) in [6.45, 7) is 6.02. The summed E-state index contributed by atoms with van der Waals surface area (Å²) in [5.41, 5.74) is 5.65. The van der Waals surface area contributed by atoms with Crippen molar-refractivity contribution in [3.05, 3.63) is 76.2 Å². The lowest BCUT2D eigenvalue weighted by Crippen LogP contribution is -2.55. The fourth-order valence-corrected chi connectivity index (χ4v) is 6.26. The van der Waals surface area contributed by atoms with Crippen LogP contribution in [-0.2, 0) is 22.7 Å². The van der Waals surface area contributed by atoms with Gasteiger partial charge in [-0.15, -0.1) is 11.3 Å². The minimum Gasteiger partial charge on any atom is -0.391 e. The first-order valence-corrected chi connectivity index (χ1v) is 13.9. The average molecular weight is 551 g/mol. The lowest BCUT2D eigenvalue weighted by Gasteiger charge is -2.35. The highest BCUT2D eigenvalue weighted by atomic mass is 32.1. The first kappa shape index (κ1) is 27.0. The number of amides is 3. The van der Waals surface area contributed by atoms with E-state index < -0.39 is 29.9 Å². The fourth-order valence-electron chi connectivity index (χ4n) is 5.45. The Balaban J connectivity index is 1.28. The van der Waals surface area contributed by atoms with E-state index in [0.29, 0.717) is 11.1 Å². The number of carbonyl (C=O) groups excluding carboxylic acids is 3. The van der Waals surface area contributed by atoms with Gasteiger partial charge in [-0.2, -0.15) is 0 Å². The van der Waals surface area contributed by atoms with E-state index in [-0.39, 0.29) is 43.8 Å². The zero-order valence-corrected chi connectivity index (χ0v) is 22.9. The number of β-amino-alcohol motifs (C(OH)–C–C–N with tert-alkyl or cyclic N) is 1. The van der Waals surface area contributed by atoms with Crippen molar-refractivity contribution >= 4 is 29.1 Å². The SMILES string of the molecule is Cc1ncsc1-c1ccc(CNC(=O)[C@@H]2C[C@@H](O)CN2C(=O)C(C(C)C)N2Cc3cc(F)ccc3C2=O)cc1. The number of rotatable bonds is 7. The van der Waals surface area contributed by atoms with E-state index in [1.165, 1.54) is 28.0 Å². The van der Waals surface area contributed by atoms with E-state index in [1.807, 2.05) is 50.5 Å². The van der Waals surface area contributed by atoms with E-state index >= 15 is 0 Å². The lowest BCUT2D eigenvalue weighted by molar-refractivity contribution is -0.143. The van der Waals surface area contributed by atoms with Gasteiger partial charge in [0.05, 0.1) is 22.2 Å². The van der Waals surface area contributed by atoms with Gasteiger partial charge in [0.1, 0.15) is 17.9 Å². The quantitative estimate of drug-likeness (QED) is 0.469. The van der Waals surface area contributed by atoms with Gasteiger partial charge >= 0.3 is 0 Å². The number of benzene rings is 2. The molecule has 0 aliphatic carbocycles. The molecule has 1 unspecified atom stereocenters. The molecule has 3 heterocycles. The van der Waals surface area contributed by atoms with Gasteiger partial charge < -0.3 is 20.2 Å². The number of likely N-dealkylation sites (tertiary alicyclic amines) is 1. The summed E-state index contributed by atoms with van der Waals surface area (Å²) < 4.78 is 13.8. The first-order chi connectivity index (χ1) is 18.6. The topological polar surface area (TPSA) is 103 Å². The third-order valence-electron chi connectivity index (χ3n) is 7.41. The van der Waals surface area contributed by atoms with E-state index in [9.17, 15) is 23.9 Å². The van der Waals surface area contributed by atoms with Gasteiger partial charge in [0, 0.05) is 31.6 Å². The van der Waals surface area contributed by atoms with Crippen molar-refractivity contribution in [2.24, 2.45) is 5.92 Å². The number of halogens is 1. The molecule has 10 heteroatoms. The third-order valence-corrected chi connectivity index (χ3v) is 8.39. The van der Waals surface area contributed by atoms with Crippen LogP contribution in [0.4, 0.5) is 4.39 Å². The number of aromatic nitrogens is 1. The Kier molecular flexibility index (Phi) is 7.51. The summed E-state index contributed by atoms with van der Waals surface area (Å²) >= 11 is 1.57. The first-order valence-electron chi connectivity index (χ1n) is 13.0. The largest absolute Gasteiger partial charge is 0.391 e. The maximum atomic E-state index is 13.8. The highest BCUT2D eigenvalue weighted by molar-refractivity contribution is 7.13. The minimum atomic E-state index is -0.856. The van der Waals surface area contributed by atoms with Gasteiger partial charge in [-0.1, -0.05) is 38.1 Å². The van der Waals surface area contributed by atoms with Crippen molar-refractivity contribution < 1.29 is 23.9 Å². The second-order valence-corrected chi connectivity index (χ2v) is 11.4. The molecule has 1 aromatic heterocycles. The Hall–Kier alpha value is -3.63. The molecular weight excluding hydrogens is 519 g/mol. The molecule has 1 saturated heterocycles. The molecule has 2 aromatic carbocycles. The van der Waals surface area contributed by atoms with Crippen LogP contribution in [0.15, 0.2) is 48.0 Å². The zero-order chi connectivity index (χ0) is 27.8. The number of thiazole rings is 1. The van der Waals surface area contributed by atoms with Crippen LogP contribution in [0.1, 0.15) is 47.4 Å². The van der Waals surface area contributed by atoms with Crippen molar-refractivity contribution in [1.82, 2.24) is 20.1 Å². The van der Waals surface area contributed by atoms with Crippen LogP contribution in [0.2, 0.25) is 0 Å². The van der Waals surface area contributed by atoms with E-state index in [0.717, 1.165) is 21.7 Å². The van der Waals surface area contributed by atoms with Crippen LogP contribution in [0, 0.1) is 18.7 Å². The number of hydrogen-bond donors (Lipinski definition) is 2. The molecule has 2 aliphatic rings. The molecule has 1 fully saturated rings. The average Bonchev–Trinajstić information content (AvgIpc) is 3.59. The van der Waals surface area contributed by atoms with Gasteiger partial charge in [-0.05, 0) is 47.7 Å². The summed E-state index contributed by atoms with van der Waals surface area (Å²) in [5, 5.41) is 13.3. The van der Waals surface area contributed by atoms with Crippen LogP contribution in [0.25, 0.3) is 10.4 Å². The van der Waals surface area contributed by atoms with E-state index in [1.54, 1.807) is 11.3 Å². The van der Waals surface area contributed by atoms with E-state index in [2.05, 4.69) is 10.3 Å². The number of hydrogen-bond acceptors (Lipinski definition) is 6. The maximum absolute atomic E-state index is 13.8. The molecule has 0 saturated carbocycles. The van der Waals surface area contributed by atoms with Crippen LogP contribution < -0.4 is 5.32 Å². The number of aryl methyl sites for hydroxylation is 1. The van der Waals surface area contributed by atoms with Gasteiger partial charge in [-0.25, -0.2) is 9.37 Å². The molecular formula is C29H31FN4O4S. The molecule has 5 rings (SSSR count). The predicted octanol–water partition coefficient (Wildman–Crippen LogP) is 3.52. The number of fused-ring (bicyclic) bond motifs is 1. The molecule has 2 aliphatic heterocycles. The zero-order valence-electron chi connectivity index (χ0n) is 22.1. The normalized spacial score (nSPS) is 19.5. The number of carbonyl (C=O) groups is 3. The lowest BCUT2D eigenvalue weighted by atomic mass is 10.0. The number of aliphatic hydroxyl groups is 1. The molecule has 3 amide bonds. The van der Waals surface area contributed by atoms with Crippen molar-refractivity contribution in [1.29, 1.82) is 0 Å². The van der Waals surface area contributed by atoms with E-state index in [4.69, 9.17) is 0 Å². The Morgan fingerprint density at radius 1 is 1.21 bits per heavy atom. The molecule has 8 nitrogen and oxygen atoms in total. The highest BCUT2D eigenvalue weighted by Gasteiger charge is 2.45. The fraction of sp³-hybridized carbons (Fsp3) is 0.379. The van der Waals surface area contributed by atoms with Gasteiger partial charge in [0.25, 0.3) is 5.91 Å². The minimum absolute atomic E-state index is 0.00659. The van der Waals surface area contributed by atoms with Crippen molar-refractivity contribution in [3.63, 3.8) is 0 Å². The summed E-state index contributed by atoms with van der Waals surface area (Å²) in [5.74, 6) is -1.79. The number of nitrogens with zero attached hydrogens (tertiary/aromatic N) is 3. The predicted molar refractivity (Wildman–Crippen MR) is 145 cm³/mol. The second-order valence-electron chi connectivity index (χ2n) is 10.5. The Bertz CT molecular complexity index is 1410. The van der Waals surface area contributed by atoms with Gasteiger partial charge in [-0.3, -0.25) is 14.4 Å². The summed E-state index contributed by atoms with van der Waals surface area (Å²) in [6, 6.07) is 10.1. The second kappa shape index (κ2) is 10.9. The van der Waals surface area contributed by atoms with Crippen molar-refractivity contribution in [2.45, 2.75) is 58.5 Å². The number of nitrogens with one attached hydrogen (secondary N) is 1. The van der Waals surface area contributed by atoms with Crippen LogP contribution in [-0.4, -0.2) is 62.3 Å². The Morgan fingerprint density at radius 2 is 1.95 bits per heavy atom. The molecule has 3 aromatic rings. The summed E-state index contributed by atoms with van der Waals surface area (Å²) in [7, 11) is 0. The van der Waals surface area contributed by atoms with Crippen LogP contribution >= 0.6 is 11.3 Å². The van der Waals surface area contributed by atoms with Gasteiger partial charge in [0.15, 0.2) is 0 Å². The molecule has 2 N–H and O–H groups in total. The molecule has 204 valence electrons. The smallest absolute Gasteiger partial charge is 0.255 e. The Labute approximate surface area is 230 Å². The van der Waals surface area contributed by atoms with Crippen LogP contribution in [0.3, 0.4) is 0 Å². The van der Waals surface area contributed by atoms with Crippen LogP contribution in [0.5, 0.6) is 0 Å². The third kappa shape index (κ3) is 5.31. The maximum Gasteiger partial charge on any atom is 0.255 e. The molecule has 3 atom stereocenters. The monoisotopic (exact) mass is 550 g/mol. The molecule has 39 heavy (non-hydrogen) atoms. The molecule has 0 spiro atoms. The van der Waals surface area contributed by atoms with Crippen molar-refractivity contribution in [3.8, 4) is 10.4 Å². The summed E-state index contributed by atoms with van der Waals surface area (Å²) in [4.78, 5) is 48.4. The van der Waals surface area contributed by atoms with Crippen molar-refractivity contribution in [2.75, 3.05) is 6.54 Å². The molecule has 0 bridgehead atoms.